The predicted molar refractivity (Wildman–Crippen MR) is 47.2 cm³/mol. The van der Waals surface area contributed by atoms with Crippen molar-refractivity contribution in [2.45, 2.75) is 6.61 Å². The third kappa shape index (κ3) is 1.62. The fraction of sp³-hybridized carbons (Fsp3) is 0.111. The lowest BCUT2D eigenvalue weighted by atomic mass is 10.3. The van der Waals surface area contributed by atoms with E-state index in [9.17, 15) is 4.39 Å². The third-order valence-corrected chi connectivity index (χ3v) is 1.76. The van der Waals surface area contributed by atoms with Crippen molar-refractivity contribution in [1.29, 1.82) is 0 Å². The lowest BCUT2D eigenvalue weighted by Crippen LogP contribution is -1.99. The molecular formula is C9H8FN3O. The molecule has 0 spiro atoms. The van der Waals surface area contributed by atoms with Crippen molar-refractivity contribution in [2.24, 2.45) is 0 Å². The van der Waals surface area contributed by atoms with Gasteiger partial charge >= 0.3 is 0 Å². The minimum Gasteiger partial charge on any atom is -0.390 e. The van der Waals surface area contributed by atoms with E-state index in [2.05, 4.69) is 10.2 Å². The van der Waals surface area contributed by atoms with Gasteiger partial charge in [-0.25, -0.2) is 4.39 Å². The van der Waals surface area contributed by atoms with E-state index in [1.807, 2.05) is 0 Å². The van der Waals surface area contributed by atoms with Crippen molar-refractivity contribution < 1.29 is 9.50 Å². The van der Waals surface area contributed by atoms with E-state index in [-0.39, 0.29) is 12.4 Å². The van der Waals surface area contributed by atoms with Gasteiger partial charge in [-0.1, -0.05) is 0 Å². The molecular weight excluding hydrogens is 185 g/mol. The molecule has 1 aromatic carbocycles. The molecule has 1 N–H and O–H groups in total. The Morgan fingerprint density at radius 1 is 1.29 bits per heavy atom. The summed E-state index contributed by atoms with van der Waals surface area (Å²) in [4.78, 5) is 1.34. The minimum atomic E-state index is -0.303. The first-order chi connectivity index (χ1) is 6.79. The summed E-state index contributed by atoms with van der Waals surface area (Å²) in [6.07, 6.45) is 1.46. The molecule has 0 fully saturated rings. The van der Waals surface area contributed by atoms with Crippen molar-refractivity contribution >= 4 is 0 Å². The first-order valence-electron chi connectivity index (χ1n) is 4.07. The Kier molecular flexibility index (Phi) is 2.24. The summed E-state index contributed by atoms with van der Waals surface area (Å²) < 4.78 is 12.6. The number of aliphatic hydroxyl groups excluding tert-OH is 1. The Balaban J connectivity index is 2.34. The van der Waals surface area contributed by atoms with Crippen LogP contribution in [-0.4, -0.2) is 20.1 Å². The molecule has 1 heterocycles. The van der Waals surface area contributed by atoms with Crippen molar-refractivity contribution in [3.05, 3.63) is 42.0 Å². The Labute approximate surface area is 79.6 Å². The summed E-state index contributed by atoms with van der Waals surface area (Å²) in [5.74, 6) is -0.303. The molecule has 5 heteroatoms. The summed E-state index contributed by atoms with van der Waals surface area (Å²) in [5.41, 5.74) is 1.14. The molecule has 14 heavy (non-hydrogen) atoms. The molecule has 1 aromatic heterocycles. The van der Waals surface area contributed by atoms with Gasteiger partial charge in [0.15, 0.2) is 0 Å². The highest BCUT2D eigenvalue weighted by atomic mass is 19.1. The van der Waals surface area contributed by atoms with Crippen molar-refractivity contribution in [1.82, 2.24) is 15.0 Å². The number of nitrogens with zero attached hydrogens (tertiary/aromatic N) is 3. The SMILES string of the molecule is OCc1cnn(-c2ccc(F)cc2)n1. The molecule has 2 rings (SSSR count). The van der Waals surface area contributed by atoms with Gasteiger partial charge in [-0.15, -0.1) is 0 Å². The average Bonchev–Trinajstić information content (AvgIpc) is 2.67. The van der Waals surface area contributed by atoms with E-state index in [0.717, 1.165) is 0 Å². The Hall–Kier alpha value is -1.75. The maximum Gasteiger partial charge on any atom is 0.123 e. The smallest absolute Gasteiger partial charge is 0.123 e. The van der Waals surface area contributed by atoms with E-state index in [1.54, 1.807) is 12.1 Å². The van der Waals surface area contributed by atoms with Crippen LogP contribution in [-0.2, 0) is 6.61 Å². The summed E-state index contributed by atoms with van der Waals surface area (Å²) in [5, 5.41) is 16.6. The monoisotopic (exact) mass is 193 g/mol. The molecule has 0 amide bonds. The molecule has 0 unspecified atom stereocenters. The van der Waals surface area contributed by atoms with Crippen LogP contribution < -0.4 is 0 Å². The second-order valence-corrected chi connectivity index (χ2v) is 2.76. The van der Waals surface area contributed by atoms with E-state index in [1.165, 1.54) is 23.1 Å². The molecule has 0 saturated heterocycles. The fourth-order valence-electron chi connectivity index (χ4n) is 1.07. The van der Waals surface area contributed by atoms with Crippen LogP contribution in [0.5, 0.6) is 0 Å². The van der Waals surface area contributed by atoms with Gasteiger partial charge in [0.05, 0.1) is 18.5 Å². The van der Waals surface area contributed by atoms with E-state index < -0.39 is 0 Å². The highest BCUT2D eigenvalue weighted by molar-refractivity contribution is 5.29. The molecule has 0 aliphatic heterocycles. The highest BCUT2D eigenvalue weighted by Gasteiger charge is 2.01. The van der Waals surface area contributed by atoms with Gasteiger partial charge in [0.25, 0.3) is 0 Å². The number of hydrogen-bond acceptors (Lipinski definition) is 3. The van der Waals surface area contributed by atoms with Crippen molar-refractivity contribution in [3.63, 3.8) is 0 Å². The van der Waals surface area contributed by atoms with Crippen LogP contribution in [0.15, 0.2) is 30.5 Å². The van der Waals surface area contributed by atoms with Crippen LogP contribution in [0.2, 0.25) is 0 Å². The van der Waals surface area contributed by atoms with Gasteiger partial charge in [0, 0.05) is 0 Å². The molecule has 4 nitrogen and oxygen atoms in total. The standard InChI is InChI=1S/C9H8FN3O/c10-7-1-3-9(4-2-7)13-11-5-8(6-14)12-13/h1-5,14H,6H2. The van der Waals surface area contributed by atoms with Crippen LogP contribution in [0.1, 0.15) is 5.69 Å². The van der Waals surface area contributed by atoms with E-state index >= 15 is 0 Å². The summed E-state index contributed by atoms with van der Waals surface area (Å²) in [6.45, 7) is -0.152. The molecule has 72 valence electrons. The van der Waals surface area contributed by atoms with Gasteiger partial charge in [-0.3, -0.25) is 0 Å². The van der Waals surface area contributed by atoms with Crippen LogP contribution in [0.3, 0.4) is 0 Å². The summed E-state index contributed by atoms with van der Waals surface area (Å²) in [6, 6.07) is 5.79. The van der Waals surface area contributed by atoms with Gasteiger partial charge in [0.2, 0.25) is 0 Å². The third-order valence-electron chi connectivity index (χ3n) is 1.76. The Bertz CT molecular complexity index is 424. The normalized spacial score (nSPS) is 10.4. The van der Waals surface area contributed by atoms with E-state index in [4.69, 9.17) is 5.11 Å². The molecule has 0 aliphatic carbocycles. The molecule has 0 bridgehead atoms. The van der Waals surface area contributed by atoms with Gasteiger partial charge in [-0.2, -0.15) is 15.0 Å². The van der Waals surface area contributed by atoms with Crippen LogP contribution in [0.4, 0.5) is 4.39 Å². The van der Waals surface area contributed by atoms with Crippen LogP contribution in [0.25, 0.3) is 5.69 Å². The van der Waals surface area contributed by atoms with Crippen LogP contribution in [0, 0.1) is 5.82 Å². The quantitative estimate of drug-likeness (QED) is 0.770. The first kappa shape index (κ1) is 8.83. The van der Waals surface area contributed by atoms with Gasteiger partial charge < -0.3 is 5.11 Å². The Morgan fingerprint density at radius 2 is 2.00 bits per heavy atom. The molecule has 0 saturated carbocycles. The summed E-state index contributed by atoms with van der Waals surface area (Å²) >= 11 is 0. The minimum absolute atomic E-state index is 0.152. The molecule has 2 aromatic rings. The second-order valence-electron chi connectivity index (χ2n) is 2.76. The number of halogens is 1. The number of aromatic nitrogens is 3. The second kappa shape index (κ2) is 3.55. The number of rotatable bonds is 2. The largest absolute Gasteiger partial charge is 0.390 e. The Morgan fingerprint density at radius 3 is 2.57 bits per heavy atom. The molecule has 0 atom stereocenters. The summed E-state index contributed by atoms with van der Waals surface area (Å²) in [7, 11) is 0. The molecule has 0 aliphatic rings. The van der Waals surface area contributed by atoms with Crippen LogP contribution >= 0.6 is 0 Å². The fourth-order valence-corrected chi connectivity index (χ4v) is 1.07. The topological polar surface area (TPSA) is 50.9 Å². The first-order valence-corrected chi connectivity index (χ1v) is 4.07. The predicted octanol–water partition coefficient (Wildman–Crippen LogP) is 0.899. The molecule has 0 radical (unpaired) electrons. The van der Waals surface area contributed by atoms with Gasteiger partial charge in [0.1, 0.15) is 11.5 Å². The maximum absolute atomic E-state index is 12.6. The lowest BCUT2D eigenvalue weighted by molar-refractivity contribution is 0.276. The number of hydrogen-bond donors (Lipinski definition) is 1. The zero-order chi connectivity index (χ0) is 9.97. The van der Waals surface area contributed by atoms with Crippen molar-refractivity contribution in [2.75, 3.05) is 0 Å². The average molecular weight is 193 g/mol. The number of aliphatic hydroxyl groups is 1. The zero-order valence-electron chi connectivity index (χ0n) is 7.26. The highest BCUT2D eigenvalue weighted by Crippen LogP contribution is 2.06. The zero-order valence-corrected chi connectivity index (χ0v) is 7.26. The van der Waals surface area contributed by atoms with E-state index in [0.29, 0.717) is 11.4 Å². The maximum atomic E-state index is 12.6. The number of benzene rings is 1. The van der Waals surface area contributed by atoms with Crippen molar-refractivity contribution in [3.8, 4) is 5.69 Å². The van der Waals surface area contributed by atoms with Gasteiger partial charge in [-0.05, 0) is 24.3 Å². The lowest BCUT2D eigenvalue weighted by Gasteiger charge is -1.97.